The van der Waals surface area contributed by atoms with E-state index in [0.29, 0.717) is 0 Å². The maximum absolute atomic E-state index is 6.27. The summed E-state index contributed by atoms with van der Waals surface area (Å²) >= 11 is 8.05. The topological polar surface area (TPSA) is 55.9 Å². The zero-order chi connectivity index (χ0) is 14.5. The van der Waals surface area contributed by atoms with Crippen LogP contribution in [0.2, 0.25) is 5.02 Å². The van der Waals surface area contributed by atoms with Gasteiger partial charge in [0.2, 0.25) is 0 Å². The average molecular weight is 311 g/mol. The van der Waals surface area contributed by atoms with Gasteiger partial charge < -0.3 is 0 Å². The molecule has 3 N–H and O–H groups in total. The molecule has 1 aromatic carbocycles. The highest BCUT2D eigenvalue weighted by Crippen LogP contribution is 2.23. The third-order valence-electron chi connectivity index (χ3n) is 3.13. The number of benzene rings is 1. The van der Waals surface area contributed by atoms with Gasteiger partial charge in [-0.2, -0.15) is 5.10 Å². The zero-order valence-electron chi connectivity index (χ0n) is 11.6. The van der Waals surface area contributed by atoms with Crippen LogP contribution in [0.3, 0.4) is 0 Å². The SMILES string of the molecule is Cc1nn(C)c(CC(CSc2ccccc2)NN)c1Cl. The van der Waals surface area contributed by atoms with E-state index in [1.807, 2.05) is 36.9 Å². The van der Waals surface area contributed by atoms with E-state index in [2.05, 4.69) is 22.7 Å². The standard InChI is InChI=1S/C14H19ClN4S/c1-10-14(15)13(19(2)18-10)8-11(17-16)9-20-12-6-4-3-5-7-12/h3-7,11,17H,8-9,16H2,1-2H3. The molecule has 0 spiro atoms. The molecule has 6 heteroatoms. The number of halogens is 1. The van der Waals surface area contributed by atoms with E-state index in [9.17, 15) is 0 Å². The number of aryl methyl sites for hydroxylation is 2. The summed E-state index contributed by atoms with van der Waals surface area (Å²) in [5, 5.41) is 5.06. The third-order valence-corrected chi connectivity index (χ3v) is 4.80. The molecule has 0 amide bonds. The van der Waals surface area contributed by atoms with E-state index >= 15 is 0 Å². The lowest BCUT2D eigenvalue weighted by molar-refractivity contribution is 0.551. The molecule has 1 unspecified atom stereocenters. The molecule has 0 fully saturated rings. The van der Waals surface area contributed by atoms with Crippen molar-refractivity contribution in [3.05, 3.63) is 46.7 Å². The molecule has 1 heterocycles. The van der Waals surface area contributed by atoms with Gasteiger partial charge in [-0.1, -0.05) is 29.8 Å². The summed E-state index contributed by atoms with van der Waals surface area (Å²) < 4.78 is 1.83. The first-order valence-electron chi connectivity index (χ1n) is 6.43. The molecule has 0 saturated heterocycles. The second kappa shape index (κ2) is 7.13. The molecular weight excluding hydrogens is 292 g/mol. The summed E-state index contributed by atoms with van der Waals surface area (Å²) in [6.07, 6.45) is 0.756. The van der Waals surface area contributed by atoms with Crippen molar-refractivity contribution in [2.45, 2.75) is 24.3 Å². The number of hydrogen-bond donors (Lipinski definition) is 2. The number of nitrogens with one attached hydrogen (secondary N) is 1. The Balaban J connectivity index is 1.99. The van der Waals surface area contributed by atoms with E-state index in [1.54, 1.807) is 11.8 Å². The van der Waals surface area contributed by atoms with Gasteiger partial charge in [-0.15, -0.1) is 11.8 Å². The molecule has 0 bridgehead atoms. The molecule has 0 radical (unpaired) electrons. The van der Waals surface area contributed by atoms with Crippen molar-refractivity contribution in [3.63, 3.8) is 0 Å². The van der Waals surface area contributed by atoms with E-state index in [4.69, 9.17) is 17.4 Å². The summed E-state index contributed by atoms with van der Waals surface area (Å²) in [7, 11) is 1.91. The Labute approximate surface area is 128 Å². The van der Waals surface area contributed by atoms with Crippen molar-refractivity contribution in [3.8, 4) is 0 Å². The number of aromatic nitrogens is 2. The maximum Gasteiger partial charge on any atom is 0.0847 e. The molecule has 0 aliphatic rings. The minimum absolute atomic E-state index is 0.146. The molecule has 108 valence electrons. The molecule has 20 heavy (non-hydrogen) atoms. The van der Waals surface area contributed by atoms with Crippen LogP contribution in [0.5, 0.6) is 0 Å². The van der Waals surface area contributed by atoms with Crippen LogP contribution in [0.25, 0.3) is 0 Å². The van der Waals surface area contributed by atoms with E-state index < -0.39 is 0 Å². The minimum Gasteiger partial charge on any atom is -0.271 e. The molecule has 0 aliphatic heterocycles. The van der Waals surface area contributed by atoms with Gasteiger partial charge in [0.15, 0.2) is 0 Å². The summed E-state index contributed by atoms with van der Waals surface area (Å²) in [5.41, 5.74) is 4.74. The van der Waals surface area contributed by atoms with Gasteiger partial charge in [-0.3, -0.25) is 16.0 Å². The van der Waals surface area contributed by atoms with E-state index in [1.165, 1.54) is 4.90 Å². The fourth-order valence-electron chi connectivity index (χ4n) is 2.01. The number of nitrogens with two attached hydrogens (primary N) is 1. The van der Waals surface area contributed by atoms with Gasteiger partial charge in [0.05, 0.1) is 16.4 Å². The lowest BCUT2D eigenvalue weighted by Crippen LogP contribution is -2.39. The number of hydrazine groups is 1. The monoisotopic (exact) mass is 310 g/mol. The van der Waals surface area contributed by atoms with Crippen molar-refractivity contribution in [2.24, 2.45) is 12.9 Å². The molecule has 1 aromatic heterocycles. The lowest BCUT2D eigenvalue weighted by Gasteiger charge is -2.16. The van der Waals surface area contributed by atoms with Crippen LogP contribution in [-0.4, -0.2) is 21.6 Å². The van der Waals surface area contributed by atoms with Crippen LogP contribution in [-0.2, 0) is 13.5 Å². The third kappa shape index (κ3) is 3.76. The first-order chi connectivity index (χ1) is 9.61. The van der Waals surface area contributed by atoms with Crippen molar-refractivity contribution in [2.75, 3.05) is 5.75 Å². The Bertz CT molecular complexity index is 556. The van der Waals surface area contributed by atoms with Crippen LogP contribution in [0.1, 0.15) is 11.4 Å². The highest BCUT2D eigenvalue weighted by atomic mass is 35.5. The van der Waals surface area contributed by atoms with Gasteiger partial charge in [0, 0.05) is 30.2 Å². The van der Waals surface area contributed by atoms with Crippen LogP contribution in [0.4, 0.5) is 0 Å². The molecule has 0 saturated carbocycles. The fourth-order valence-corrected chi connectivity index (χ4v) is 3.21. The van der Waals surface area contributed by atoms with Gasteiger partial charge >= 0.3 is 0 Å². The van der Waals surface area contributed by atoms with Gasteiger partial charge in [-0.05, 0) is 19.1 Å². The first-order valence-corrected chi connectivity index (χ1v) is 7.80. The highest BCUT2D eigenvalue weighted by molar-refractivity contribution is 7.99. The van der Waals surface area contributed by atoms with Crippen molar-refractivity contribution < 1.29 is 0 Å². The Morgan fingerprint density at radius 1 is 1.40 bits per heavy atom. The summed E-state index contributed by atoms with van der Waals surface area (Å²) in [5.74, 6) is 6.53. The smallest absolute Gasteiger partial charge is 0.0847 e. The summed E-state index contributed by atoms with van der Waals surface area (Å²) in [4.78, 5) is 1.24. The summed E-state index contributed by atoms with van der Waals surface area (Å²) in [6, 6.07) is 10.4. The van der Waals surface area contributed by atoms with Gasteiger partial charge in [0.25, 0.3) is 0 Å². The molecule has 4 nitrogen and oxygen atoms in total. The quantitative estimate of drug-likeness (QED) is 0.489. The summed E-state index contributed by atoms with van der Waals surface area (Å²) in [6.45, 7) is 1.91. The molecular formula is C14H19ClN4S. The van der Waals surface area contributed by atoms with Crippen molar-refractivity contribution >= 4 is 23.4 Å². The number of rotatable bonds is 6. The van der Waals surface area contributed by atoms with Crippen molar-refractivity contribution in [1.82, 2.24) is 15.2 Å². The van der Waals surface area contributed by atoms with E-state index in [-0.39, 0.29) is 6.04 Å². The van der Waals surface area contributed by atoms with Gasteiger partial charge in [0.1, 0.15) is 0 Å². The average Bonchev–Trinajstić information content (AvgIpc) is 2.70. The Morgan fingerprint density at radius 3 is 2.65 bits per heavy atom. The zero-order valence-corrected chi connectivity index (χ0v) is 13.2. The molecule has 2 rings (SSSR count). The lowest BCUT2D eigenvalue weighted by atomic mass is 10.2. The predicted octanol–water partition coefficient (Wildman–Crippen LogP) is 2.55. The van der Waals surface area contributed by atoms with Crippen LogP contribution < -0.4 is 11.3 Å². The van der Waals surface area contributed by atoms with Crippen LogP contribution in [0, 0.1) is 6.92 Å². The highest BCUT2D eigenvalue weighted by Gasteiger charge is 2.16. The second-order valence-electron chi connectivity index (χ2n) is 4.66. The normalized spacial score (nSPS) is 12.6. The van der Waals surface area contributed by atoms with E-state index in [0.717, 1.165) is 28.6 Å². The minimum atomic E-state index is 0.146. The number of nitrogens with zero attached hydrogens (tertiary/aromatic N) is 2. The molecule has 0 aliphatic carbocycles. The first kappa shape index (κ1) is 15.4. The van der Waals surface area contributed by atoms with Crippen LogP contribution >= 0.6 is 23.4 Å². The largest absolute Gasteiger partial charge is 0.271 e. The van der Waals surface area contributed by atoms with Crippen LogP contribution in [0.15, 0.2) is 35.2 Å². The molecule has 2 aromatic rings. The Morgan fingerprint density at radius 2 is 2.10 bits per heavy atom. The van der Waals surface area contributed by atoms with Gasteiger partial charge in [-0.25, -0.2) is 0 Å². The Hall–Kier alpha value is -1.01. The number of hydrogen-bond acceptors (Lipinski definition) is 4. The predicted molar refractivity (Wildman–Crippen MR) is 84.9 cm³/mol. The fraction of sp³-hybridized carbons (Fsp3) is 0.357. The molecule has 1 atom stereocenters. The number of thioether (sulfide) groups is 1. The second-order valence-corrected chi connectivity index (χ2v) is 6.13. The maximum atomic E-state index is 6.27. The Kier molecular flexibility index (Phi) is 5.48. The van der Waals surface area contributed by atoms with Crippen molar-refractivity contribution in [1.29, 1.82) is 0 Å².